The van der Waals surface area contributed by atoms with Gasteiger partial charge >= 0.3 is 0 Å². The maximum absolute atomic E-state index is 13.7. The molecule has 7 heteroatoms. The Labute approximate surface area is 192 Å². The summed E-state index contributed by atoms with van der Waals surface area (Å²) in [6.45, 7) is 5.69. The van der Waals surface area contributed by atoms with Crippen molar-refractivity contribution >= 4 is 28.5 Å². The van der Waals surface area contributed by atoms with Gasteiger partial charge in [-0.3, -0.25) is 14.4 Å². The summed E-state index contributed by atoms with van der Waals surface area (Å²) in [7, 11) is 0. The molecule has 1 aliphatic rings. The van der Waals surface area contributed by atoms with Gasteiger partial charge in [0, 0.05) is 36.0 Å². The second kappa shape index (κ2) is 9.17. The van der Waals surface area contributed by atoms with Crippen molar-refractivity contribution in [2.24, 2.45) is 11.8 Å². The predicted molar refractivity (Wildman–Crippen MR) is 124 cm³/mol. The smallest absolute Gasteiger partial charge is 0.232 e. The van der Waals surface area contributed by atoms with E-state index in [1.54, 1.807) is 12.1 Å². The van der Waals surface area contributed by atoms with E-state index in [0.29, 0.717) is 18.5 Å². The monoisotopic (exact) mass is 449 g/mol. The Kier molecular flexibility index (Phi) is 6.31. The van der Waals surface area contributed by atoms with Crippen LogP contribution in [0.1, 0.15) is 43.5 Å². The molecule has 0 bridgehead atoms. The fourth-order valence-electron chi connectivity index (χ4n) is 4.76. The summed E-state index contributed by atoms with van der Waals surface area (Å²) in [4.78, 5) is 41.4. The Hall–Kier alpha value is -3.48. The third kappa shape index (κ3) is 4.40. The van der Waals surface area contributed by atoms with Gasteiger partial charge in [0.25, 0.3) is 0 Å². The van der Waals surface area contributed by atoms with Gasteiger partial charge in [-0.05, 0) is 41.7 Å². The molecule has 3 aromatic rings. The molecule has 1 saturated heterocycles. The van der Waals surface area contributed by atoms with Gasteiger partial charge in [-0.1, -0.05) is 44.2 Å². The van der Waals surface area contributed by atoms with E-state index in [4.69, 9.17) is 0 Å². The minimum absolute atomic E-state index is 0.0396. The van der Waals surface area contributed by atoms with Gasteiger partial charge in [-0.25, -0.2) is 4.39 Å². The Bertz CT molecular complexity index is 1200. The first-order valence-corrected chi connectivity index (χ1v) is 11.2. The fourth-order valence-corrected chi connectivity index (χ4v) is 4.76. The number of hydrogen-bond acceptors (Lipinski definition) is 3. The molecule has 2 heterocycles. The highest BCUT2D eigenvalue weighted by Crippen LogP contribution is 2.40. The molecule has 0 spiro atoms. The number of halogens is 1. The van der Waals surface area contributed by atoms with Gasteiger partial charge in [0.15, 0.2) is 5.78 Å². The van der Waals surface area contributed by atoms with E-state index >= 15 is 0 Å². The van der Waals surface area contributed by atoms with E-state index in [2.05, 4.69) is 15.6 Å². The topological polar surface area (TPSA) is 91.1 Å². The number of para-hydroxylation sites is 1. The van der Waals surface area contributed by atoms with Crippen LogP contribution < -0.4 is 10.6 Å². The molecule has 172 valence electrons. The third-order valence-electron chi connectivity index (χ3n) is 6.33. The molecule has 33 heavy (non-hydrogen) atoms. The van der Waals surface area contributed by atoms with Crippen LogP contribution in [-0.2, 0) is 20.8 Å². The zero-order valence-corrected chi connectivity index (χ0v) is 18.9. The van der Waals surface area contributed by atoms with Crippen molar-refractivity contribution in [1.82, 2.24) is 15.6 Å². The number of hydrogen-bond donors (Lipinski definition) is 3. The summed E-state index contributed by atoms with van der Waals surface area (Å²) < 4.78 is 13.7. The zero-order chi connectivity index (χ0) is 23.7. The third-order valence-corrected chi connectivity index (χ3v) is 6.33. The van der Waals surface area contributed by atoms with E-state index in [9.17, 15) is 18.8 Å². The maximum Gasteiger partial charge on any atom is 0.232 e. The number of carbonyl (C=O) groups is 3. The van der Waals surface area contributed by atoms with Crippen LogP contribution in [0.2, 0.25) is 0 Å². The number of fused-ring (bicyclic) bond motifs is 1. The van der Waals surface area contributed by atoms with Gasteiger partial charge in [0.1, 0.15) is 11.7 Å². The van der Waals surface area contributed by atoms with Crippen molar-refractivity contribution < 1.29 is 18.8 Å². The standard InChI is InChI=1S/C26H28FN3O3/c1-14(2)23-25(32)22(26(33)30-23)21(16-8-10-17(27)11-9-16)24-19(12-13-28-15(3)31)18-6-4-5-7-20(18)29-24/h4-11,14,21-23,29H,12-13H2,1-3H3,(H,28,31)(H,30,33). The molecule has 6 nitrogen and oxygen atoms in total. The maximum atomic E-state index is 13.7. The van der Waals surface area contributed by atoms with Crippen LogP contribution in [0.4, 0.5) is 4.39 Å². The van der Waals surface area contributed by atoms with Crippen molar-refractivity contribution in [3.8, 4) is 0 Å². The average molecular weight is 450 g/mol. The van der Waals surface area contributed by atoms with Crippen molar-refractivity contribution in [2.45, 2.75) is 39.2 Å². The van der Waals surface area contributed by atoms with E-state index in [1.807, 2.05) is 38.1 Å². The number of Topliss-reactive ketones (excluding diaryl/α,β-unsaturated/α-hetero) is 1. The molecule has 0 saturated carbocycles. The lowest BCUT2D eigenvalue weighted by molar-refractivity contribution is -0.128. The number of ketones is 1. The first-order chi connectivity index (χ1) is 15.8. The number of nitrogens with one attached hydrogen (secondary N) is 3. The number of aromatic amines is 1. The molecular weight excluding hydrogens is 421 g/mol. The molecule has 1 aromatic heterocycles. The molecule has 2 amide bonds. The van der Waals surface area contributed by atoms with Crippen LogP contribution in [-0.4, -0.2) is 35.2 Å². The Balaban J connectivity index is 1.88. The summed E-state index contributed by atoms with van der Waals surface area (Å²) in [5, 5.41) is 6.65. The SMILES string of the molecule is CC(=O)NCCc1c(C(c2ccc(F)cc2)C2C(=O)NC(C(C)C)C2=O)[nH]c2ccccc12. The lowest BCUT2D eigenvalue weighted by Gasteiger charge is -2.23. The van der Waals surface area contributed by atoms with E-state index < -0.39 is 17.9 Å². The summed E-state index contributed by atoms with van der Waals surface area (Å²) in [6.07, 6.45) is 0.521. The highest BCUT2D eigenvalue weighted by molar-refractivity contribution is 6.11. The van der Waals surface area contributed by atoms with Gasteiger partial charge in [0.05, 0.1) is 6.04 Å². The lowest BCUT2D eigenvalue weighted by atomic mass is 9.78. The van der Waals surface area contributed by atoms with Crippen LogP contribution in [0, 0.1) is 17.7 Å². The largest absolute Gasteiger partial charge is 0.358 e. The van der Waals surface area contributed by atoms with Crippen LogP contribution in [0.25, 0.3) is 10.9 Å². The van der Waals surface area contributed by atoms with Crippen molar-refractivity contribution in [3.63, 3.8) is 0 Å². The molecule has 0 radical (unpaired) electrons. The quantitative estimate of drug-likeness (QED) is 0.483. The summed E-state index contributed by atoms with van der Waals surface area (Å²) in [6, 6.07) is 13.2. The molecular formula is C26H28FN3O3. The highest BCUT2D eigenvalue weighted by atomic mass is 19.1. The highest BCUT2D eigenvalue weighted by Gasteiger charge is 2.48. The van der Waals surface area contributed by atoms with Crippen molar-refractivity contribution in [3.05, 3.63) is 71.2 Å². The Morgan fingerprint density at radius 1 is 1.09 bits per heavy atom. The molecule has 4 rings (SSSR count). The summed E-state index contributed by atoms with van der Waals surface area (Å²) in [5.41, 5.74) is 3.23. The number of H-pyrrole nitrogens is 1. The van der Waals surface area contributed by atoms with Crippen molar-refractivity contribution in [1.29, 1.82) is 0 Å². The van der Waals surface area contributed by atoms with Crippen molar-refractivity contribution in [2.75, 3.05) is 6.54 Å². The first kappa shape index (κ1) is 22.7. The van der Waals surface area contributed by atoms with E-state index in [-0.39, 0.29) is 29.3 Å². The van der Waals surface area contributed by atoms with E-state index in [1.165, 1.54) is 19.1 Å². The van der Waals surface area contributed by atoms with Crippen LogP contribution in [0.15, 0.2) is 48.5 Å². The number of amides is 2. The number of carbonyl (C=O) groups excluding carboxylic acids is 3. The second-order valence-corrected chi connectivity index (χ2v) is 8.94. The Morgan fingerprint density at radius 2 is 1.79 bits per heavy atom. The summed E-state index contributed by atoms with van der Waals surface area (Å²) in [5.74, 6) is -2.58. The molecule has 3 atom stereocenters. The van der Waals surface area contributed by atoms with Crippen LogP contribution in [0.5, 0.6) is 0 Å². The van der Waals surface area contributed by atoms with Gasteiger partial charge in [-0.2, -0.15) is 0 Å². The molecule has 3 unspecified atom stereocenters. The number of benzene rings is 2. The van der Waals surface area contributed by atoms with Gasteiger partial charge in [0.2, 0.25) is 11.8 Å². The number of aromatic nitrogens is 1. The minimum atomic E-state index is -0.935. The summed E-state index contributed by atoms with van der Waals surface area (Å²) >= 11 is 0. The number of rotatable bonds is 7. The van der Waals surface area contributed by atoms with Gasteiger partial charge in [-0.15, -0.1) is 0 Å². The normalized spacial score (nSPS) is 19.2. The molecule has 2 aromatic carbocycles. The average Bonchev–Trinajstić information content (AvgIpc) is 3.28. The first-order valence-electron chi connectivity index (χ1n) is 11.2. The Morgan fingerprint density at radius 3 is 2.42 bits per heavy atom. The fraction of sp³-hybridized carbons (Fsp3) is 0.346. The van der Waals surface area contributed by atoms with Crippen LogP contribution >= 0.6 is 0 Å². The predicted octanol–water partition coefficient (Wildman–Crippen LogP) is 3.46. The van der Waals surface area contributed by atoms with Crippen LogP contribution in [0.3, 0.4) is 0 Å². The van der Waals surface area contributed by atoms with E-state index in [0.717, 1.165) is 22.2 Å². The molecule has 1 fully saturated rings. The second-order valence-electron chi connectivity index (χ2n) is 8.94. The molecule has 0 aliphatic carbocycles. The lowest BCUT2D eigenvalue weighted by Crippen LogP contribution is -2.34. The molecule has 3 N–H and O–H groups in total. The zero-order valence-electron chi connectivity index (χ0n) is 18.9. The van der Waals surface area contributed by atoms with Gasteiger partial charge < -0.3 is 15.6 Å². The minimum Gasteiger partial charge on any atom is -0.358 e. The molecule has 1 aliphatic heterocycles.